The molecule has 3 heteroatoms. The first-order chi connectivity index (χ1) is 12.5. The fourth-order valence-electron chi connectivity index (χ4n) is 3.56. The summed E-state index contributed by atoms with van der Waals surface area (Å²) in [6.45, 7) is 0. The Morgan fingerprint density at radius 2 is 1.50 bits per heavy atom. The molecule has 0 saturated carbocycles. The summed E-state index contributed by atoms with van der Waals surface area (Å²) in [7, 11) is 0. The molecule has 0 aliphatic rings. The summed E-state index contributed by atoms with van der Waals surface area (Å²) in [5.74, 6) is 7.19. The van der Waals surface area contributed by atoms with E-state index in [1.54, 1.807) is 0 Å². The molecule has 0 saturated heterocycles. The Labute approximate surface area is 156 Å². The second-order valence-corrected chi connectivity index (χ2v) is 18.2. The SMILES string of the molecule is [CH3][Ge]([CH3])([CH3])[c]1cnc(-c2cc(C#N)c3ccccc3c2)c2ccccc12. The van der Waals surface area contributed by atoms with Crippen LogP contribution in [0.4, 0.5) is 0 Å². The molecule has 0 bridgehead atoms. The van der Waals surface area contributed by atoms with E-state index < -0.39 is 13.3 Å². The van der Waals surface area contributed by atoms with Gasteiger partial charge in [-0.1, -0.05) is 0 Å². The number of rotatable bonds is 2. The molecule has 1 heterocycles. The Morgan fingerprint density at radius 3 is 2.19 bits per heavy atom. The molecule has 126 valence electrons. The van der Waals surface area contributed by atoms with Crippen molar-refractivity contribution in [2.45, 2.75) is 17.3 Å². The van der Waals surface area contributed by atoms with Gasteiger partial charge in [0.2, 0.25) is 0 Å². The van der Waals surface area contributed by atoms with Gasteiger partial charge in [-0.2, -0.15) is 0 Å². The number of aromatic nitrogens is 1. The number of pyridine rings is 1. The van der Waals surface area contributed by atoms with Crippen LogP contribution in [0.5, 0.6) is 0 Å². The molecule has 0 N–H and O–H groups in total. The first-order valence-electron chi connectivity index (χ1n) is 8.80. The Hall–Kier alpha value is -2.64. The van der Waals surface area contributed by atoms with Gasteiger partial charge in [0, 0.05) is 0 Å². The third kappa shape index (κ3) is 2.79. The van der Waals surface area contributed by atoms with Crippen LogP contribution >= 0.6 is 0 Å². The van der Waals surface area contributed by atoms with Crippen molar-refractivity contribution in [2.24, 2.45) is 0 Å². The van der Waals surface area contributed by atoms with Crippen molar-refractivity contribution in [1.29, 1.82) is 5.26 Å². The van der Waals surface area contributed by atoms with Crippen LogP contribution in [0.2, 0.25) is 17.3 Å². The average Bonchev–Trinajstić information content (AvgIpc) is 2.65. The standard InChI is InChI=1S/C23H20GeN2/c1-24(2,3)22-15-26-23(21-11-7-6-10-20(21)22)17-12-16-8-4-5-9-19(16)18(13-17)14-25/h4-13,15H,1-3H3. The van der Waals surface area contributed by atoms with Crippen molar-refractivity contribution in [3.8, 4) is 17.3 Å². The summed E-state index contributed by atoms with van der Waals surface area (Å²) in [5, 5.41) is 14.1. The number of hydrogen-bond acceptors (Lipinski definition) is 2. The molecule has 0 radical (unpaired) electrons. The van der Waals surface area contributed by atoms with Crippen LogP contribution in [0.15, 0.2) is 66.9 Å². The molecule has 2 nitrogen and oxygen atoms in total. The second kappa shape index (κ2) is 6.26. The maximum atomic E-state index is 9.61. The summed E-state index contributed by atoms with van der Waals surface area (Å²) in [5.41, 5.74) is 2.66. The number of hydrogen-bond donors (Lipinski definition) is 0. The molecule has 1 aromatic heterocycles. The minimum absolute atomic E-state index is 0.696. The zero-order chi connectivity index (χ0) is 18.3. The number of fused-ring (bicyclic) bond motifs is 2. The van der Waals surface area contributed by atoms with Crippen LogP contribution in [0, 0.1) is 11.3 Å². The van der Waals surface area contributed by atoms with Crippen molar-refractivity contribution >= 4 is 39.2 Å². The molecule has 0 atom stereocenters. The van der Waals surface area contributed by atoms with E-state index in [2.05, 4.69) is 65.9 Å². The van der Waals surface area contributed by atoms with Gasteiger partial charge in [-0.3, -0.25) is 0 Å². The van der Waals surface area contributed by atoms with E-state index in [-0.39, 0.29) is 0 Å². The third-order valence-corrected chi connectivity index (χ3v) is 9.09. The maximum absolute atomic E-state index is 9.61. The van der Waals surface area contributed by atoms with E-state index >= 15 is 0 Å². The molecule has 4 rings (SSSR count). The van der Waals surface area contributed by atoms with E-state index in [0.29, 0.717) is 5.56 Å². The van der Waals surface area contributed by atoms with E-state index in [9.17, 15) is 5.26 Å². The van der Waals surface area contributed by atoms with Gasteiger partial charge in [0.25, 0.3) is 0 Å². The fraction of sp³-hybridized carbons (Fsp3) is 0.130. The molecule has 0 fully saturated rings. The molecular formula is C23H20GeN2. The third-order valence-electron chi connectivity index (χ3n) is 4.86. The van der Waals surface area contributed by atoms with Crippen LogP contribution in [0.25, 0.3) is 32.8 Å². The van der Waals surface area contributed by atoms with Gasteiger partial charge in [-0.05, 0) is 0 Å². The van der Waals surface area contributed by atoms with Gasteiger partial charge in [0.05, 0.1) is 0 Å². The molecule has 0 aliphatic heterocycles. The first-order valence-corrected chi connectivity index (χ1v) is 16.1. The van der Waals surface area contributed by atoms with Gasteiger partial charge in [0.1, 0.15) is 0 Å². The van der Waals surface area contributed by atoms with Gasteiger partial charge in [-0.25, -0.2) is 0 Å². The number of benzene rings is 3. The summed E-state index contributed by atoms with van der Waals surface area (Å²) < 4.78 is 1.42. The molecule has 0 amide bonds. The normalized spacial score (nSPS) is 11.6. The number of nitriles is 1. The van der Waals surface area contributed by atoms with Gasteiger partial charge in [-0.15, -0.1) is 0 Å². The van der Waals surface area contributed by atoms with Crippen molar-refractivity contribution in [2.75, 3.05) is 0 Å². The summed E-state index contributed by atoms with van der Waals surface area (Å²) in [6.07, 6.45) is 2.07. The zero-order valence-corrected chi connectivity index (χ0v) is 17.3. The van der Waals surface area contributed by atoms with Gasteiger partial charge in [0.15, 0.2) is 0 Å². The Kier molecular flexibility index (Phi) is 4.05. The molecule has 0 unspecified atom stereocenters. The van der Waals surface area contributed by atoms with Gasteiger partial charge >= 0.3 is 156 Å². The molecule has 3 aromatic carbocycles. The van der Waals surface area contributed by atoms with Crippen LogP contribution in [0.3, 0.4) is 0 Å². The molecular weight excluding hydrogens is 377 g/mol. The Morgan fingerprint density at radius 1 is 0.846 bits per heavy atom. The van der Waals surface area contributed by atoms with Crippen LogP contribution in [-0.2, 0) is 0 Å². The topological polar surface area (TPSA) is 36.7 Å². The Balaban J connectivity index is 2.05. The molecule has 0 spiro atoms. The van der Waals surface area contributed by atoms with Crippen LogP contribution in [-0.4, -0.2) is 18.3 Å². The molecule has 26 heavy (non-hydrogen) atoms. The quantitative estimate of drug-likeness (QED) is 0.421. The van der Waals surface area contributed by atoms with E-state index in [1.165, 1.54) is 15.2 Å². The molecule has 4 aromatic rings. The second-order valence-electron chi connectivity index (χ2n) is 7.67. The van der Waals surface area contributed by atoms with Crippen LogP contribution < -0.4 is 4.40 Å². The average molecular weight is 397 g/mol. The van der Waals surface area contributed by atoms with E-state index in [1.807, 2.05) is 24.3 Å². The minimum atomic E-state index is -2.03. The van der Waals surface area contributed by atoms with Crippen LogP contribution in [0.1, 0.15) is 5.56 Å². The zero-order valence-electron chi connectivity index (χ0n) is 15.2. The van der Waals surface area contributed by atoms with Crippen molar-refractivity contribution in [3.05, 3.63) is 72.4 Å². The van der Waals surface area contributed by atoms with Crippen molar-refractivity contribution in [3.63, 3.8) is 0 Å². The molecule has 0 aliphatic carbocycles. The summed E-state index contributed by atoms with van der Waals surface area (Å²) in [6, 6.07) is 23.0. The van der Waals surface area contributed by atoms with Crippen molar-refractivity contribution in [1.82, 2.24) is 4.98 Å². The monoisotopic (exact) mass is 398 g/mol. The fourth-order valence-corrected chi connectivity index (χ4v) is 6.66. The first kappa shape index (κ1) is 16.8. The van der Waals surface area contributed by atoms with E-state index in [4.69, 9.17) is 4.98 Å². The predicted octanol–water partition coefficient (Wildman–Crippen LogP) is 5.47. The van der Waals surface area contributed by atoms with E-state index in [0.717, 1.165) is 22.0 Å². The van der Waals surface area contributed by atoms with Crippen molar-refractivity contribution < 1.29 is 0 Å². The number of nitrogens with zero attached hydrogens (tertiary/aromatic N) is 2. The summed E-state index contributed by atoms with van der Waals surface area (Å²) >= 11 is -2.03. The predicted molar refractivity (Wildman–Crippen MR) is 112 cm³/mol. The van der Waals surface area contributed by atoms with Gasteiger partial charge < -0.3 is 0 Å². The Bertz CT molecular complexity index is 1180. The summed E-state index contributed by atoms with van der Waals surface area (Å²) in [4.78, 5) is 4.86.